The number of alkyl halides is 3. The Morgan fingerprint density at radius 3 is 2.72 bits per heavy atom. The normalized spacial score (nSPS) is 21.1. The highest BCUT2D eigenvalue weighted by Gasteiger charge is 2.57. The first kappa shape index (κ1) is 24.4. The van der Waals surface area contributed by atoms with Gasteiger partial charge in [0, 0.05) is 30.2 Å². The molecular formula is C23H17ClF4N4O3S. The number of carboxylic acids is 1. The van der Waals surface area contributed by atoms with Crippen LogP contribution in [-0.4, -0.2) is 40.0 Å². The number of halogens is 5. The number of anilines is 2. The third-order valence-electron chi connectivity index (χ3n) is 6.47. The van der Waals surface area contributed by atoms with Gasteiger partial charge in [0.1, 0.15) is 11.6 Å². The summed E-state index contributed by atoms with van der Waals surface area (Å²) in [5.74, 6) is -2.49. The molecule has 1 aromatic carbocycles. The highest BCUT2D eigenvalue weighted by atomic mass is 35.5. The second kappa shape index (κ2) is 9.00. The number of thiazole rings is 1. The monoisotopic (exact) mass is 540 g/mol. The Hall–Kier alpha value is -3.25. The Labute approximate surface area is 210 Å². The van der Waals surface area contributed by atoms with E-state index in [1.807, 2.05) is 4.90 Å². The van der Waals surface area contributed by atoms with Gasteiger partial charge in [0.15, 0.2) is 5.13 Å². The van der Waals surface area contributed by atoms with Gasteiger partial charge in [-0.3, -0.25) is 14.9 Å². The summed E-state index contributed by atoms with van der Waals surface area (Å²) >= 11 is 7.30. The summed E-state index contributed by atoms with van der Waals surface area (Å²) in [6, 6.07) is 4.33. The molecule has 0 spiro atoms. The third-order valence-corrected chi connectivity index (χ3v) is 7.50. The fraction of sp³-hybridized carbons (Fsp3) is 0.304. The first-order valence-corrected chi connectivity index (χ1v) is 12.1. The minimum absolute atomic E-state index is 0.0476. The van der Waals surface area contributed by atoms with E-state index in [4.69, 9.17) is 11.6 Å². The van der Waals surface area contributed by atoms with Gasteiger partial charge in [0.25, 0.3) is 5.91 Å². The lowest BCUT2D eigenvalue weighted by Crippen LogP contribution is -2.32. The number of carboxylic acid groups (broad SMARTS) is 1. The van der Waals surface area contributed by atoms with Gasteiger partial charge >= 0.3 is 12.1 Å². The van der Waals surface area contributed by atoms with E-state index in [1.165, 1.54) is 23.7 Å². The van der Waals surface area contributed by atoms with Gasteiger partial charge in [-0.1, -0.05) is 17.7 Å². The molecule has 1 amide bonds. The van der Waals surface area contributed by atoms with Crippen LogP contribution in [0.2, 0.25) is 5.02 Å². The second-order valence-corrected chi connectivity index (χ2v) is 9.88. The summed E-state index contributed by atoms with van der Waals surface area (Å²) < 4.78 is 53.4. The van der Waals surface area contributed by atoms with Crippen LogP contribution < -0.4 is 10.2 Å². The average molecular weight is 541 g/mol. The van der Waals surface area contributed by atoms with Gasteiger partial charge in [-0.2, -0.15) is 13.2 Å². The van der Waals surface area contributed by atoms with Gasteiger partial charge in [0.05, 0.1) is 27.8 Å². The number of nitrogens with zero attached hydrogens (tertiary/aromatic N) is 3. The molecule has 7 nitrogen and oxygen atoms in total. The van der Waals surface area contributed by atoms with Crippen LogP contribution in [0.4, 0.5) is 28.5 Å². The molecule has 3 unspecified atom stereocenters. The molecular weight excluding hydrogens is 524 g/mol. The molecule has 1 aliphatic carbocycles. The first-order chi connectivity index (χ1) is 17.0. The number of amides is 1. The fourth-order valence-corrected chi connectivity index (χ4v) is 5.65. The molecule has 0 bridgehead atoms. The summed E-state index contributed by atoms with van der Waals surface area (Å²) in [6.07, 6.45) is -2.80. The molecule has 3 heterocycles. The maximum Gasteiger partial charge on any atom is 0.419 e. The SMILES string of the molecule is O=C(Nc1nc(-c2cccc(C(F)(F)F)c2F)cs1)c1cnc(N2CCC3C(C2)C3C(=O)O)c(Cl)c1. The van der Waals surface area contributed by atoms with E-state index < -0.39 is 29.4 Å². The summed E-state index contributed by atoms with van der Waals surface area (Å²) in [6.45, 7) is 1.13. The van der Waals surface area contributed by atoms with Crippen molar-refractivity contribution in [3.8, 4) is 11.3 Å². The number of carbonyl (C=O) groups excluding carboxylic acids is 1. The van der Waals surface area contributed by atoms with Crippen LogP contribution in [0.25, 0.3) is 11.3 Å². The molecule has 3 aromatic rings. The maximum absolute atomic E-state index is 14.4. The van der Waals surface area contributed by atoms with Crippen LogP contribution >= 0.6 is 22.9 Å². The number of carbonyl (C=O) groups is 2. The molecule has 188 valence electrons. The number of fused-ring (bicyclic) bond motifs is 1. The minimum Gasteiger partial charge on any atom is -0.481 e. The van der Waals surface area contributed by atoms with Crippen molar-refractivity contribution in [2.75, 3.05) is 23.3 Å². The van der Waals surface area contributed by atoms with Crippen LogP contribution in [0, 0.1) is 23.6 Å². The maximum atomic E-state index is 14.4. The number of hydrogen-bond acceptors (Lipinski definition) is 6. The zero-order valence-corrected chi connectivity index (χ0v) is 19.8. The molecule has 2 aromatic heterocycles. The molecule has 1 aliphatic heterocycles. The average Bonchev–Trinajstić information content (AvgIpc) is 3.37. The topological polar surface area (TPSA) is 95.4 Å². The van der Waals surface area contributed by atoms with Crippen molar-refractivity contribution in [2.24, 2.45) is 17.8 Å². The molecule has 5 rings (SSSR count). The lowest BCUT2D eigenvalue weighted by atomic mass is 10.1. The van der Waals surface area contributed by atoms with E-state index in [9.17, 15) is 32.3 Å². The second-order valence-electron chi connectivity index (χ2n) is 8.61. The number of pyridine rings is 1. The minimum atomic E-state index is -4.85. The van der Waals surface area contributed by atoms with Crippen molar-refractivity contribution in [1.29, 1.82) is 0 Å². The van der Waals surface area contributed by atoms with E-state index in [2.05, 4.69) is 15.3 Å². The number of rotatable bonds is 5. The third kappa shape index (κ3) is 4.50. The summed E-state index contributed by atoms with van der Waals surface area (Å²) in [4.78, 5) is 34.2. The zero-order valence-electron chi connectivity index (χ0n) is 18.2. The number of aliphatic carboxylic acids is 1. The van der Waals surface area contributed by atoms with E-state index >= 15 is 0 Å². The fourth-order valence-electron chi connectivity index (χ4n) is 4.66. The number of hydrogen-bond donors (Lipinski definition) is 2. The molecule has 0 radical (unpaired) electrons. The van der Waals surface area contributed by atoms with Gasteiger partial charge < -0.3 is 10.0 Å². The van der Waals surface area contributed by atoms with Gasteiger partial charge in [0.2, 0.25) is 0 Å². The summed E-state index contributed by atoms with van der Waals surface area (Å²) in [5.41, 5.74) is -1.66. The highest BCUT2D eigenvalue weighted by Crippen LogP contribution is 2.52. The zero-order chi connectivity index (χ0) is 25.8. The molecule has 36 heavy (non-hydrogen) atoms. The van der Waals surface area contributed by atoms with Gasteiger partial charge in [-0.25, -0.2) is 14.4 Å². The highest BCUT2D eigenvalue weighted by molar-refractivity contribution is 7.14. The van der Waals surface area contributed by atoms with Crippen LogP contribution in [0.5, 0.6) is 0 Å². The van der Waals surface area contributed by atoms with Crippen molar-refractivity contribution < 1.29 is 32.3 Å². The molecule has 3 atom stereocenters. The Kier molecular flexibility index (Phi) is 6.11. The largest absolute Gasteiger partial charge is 0.481 e. The number of piperidine rings is 1. The lowest BCUT2D eigenvalue weighted by Gasteiger charge is -2.28. The van der Waals surface area contributed by atoms with Crippen molar-refractivity contribution in [2.45, 2.75) is 12.6 Å². The van der Waals surface area contributed by atoms with E-state index in [0.717, 1.165) is 23.8 Å². The smallest absolute Gasteiger partial charge is 0.419 e. The number of aromatic nitrogens is 2. The molecule has 2 N–H and O–H groups in total. The summed E-state index contributed by atoms with van der Waals surface area (Å²) in [7, 11) is 0. The van der Waals surface area contributed by atoms with Crippen LogP contribution in [0.15, 0.2) is 35.8 Å². The van der Waals surface area contributed by atoms with Crippen molar-refractivity contribution in [1.82, 2.24) is 9.97 Å². The molecule has 2 fully saturated rings. The van der Waals surface area contributed by atoms with Crippen LogP contribution in [-0.2, 0) is 11.0 Å². The van der Waals surface area contributed by atoms with Crippen molar-refractivity contribution in [3.63, 3.8) is 0 Å². The first-order valence-electron chi connectivity index (χ1n) is 10.8. The van der Waals surface area contributed by atoms with E-state index in [1.54, 1.807) is 0 Å². The van der Waals surface area contributed by atoms with Gasteiger partial charge in [-0.15, -0.1) is 11.3 Å². The van der Waals surface area contributed by atoms with Crippen LogP contribution in [0.1, 0.15) is 22.3 Å². The standard InChI is InChI=1S/C23H17ClF4N4O3S/c24-15-6-10(7-29-19(15)32-5-4-11-13(8-32)17(11)21(34)35)20(33)31-22-30-16(9-36-22)12-2-1-3-14(18(12)25)23(26,27)28/h1-3,6-7,9,11,13,17H,4-5,8H2,(H,34,35)(H,30,31,33). The predicted octanol–water partition coefficient (Wildman–Crippen LogP) is 5.43. The van der Waals surface area contributed by atoms with Crippen molar-refractivity contribution >= 4 is 45.8 Å². The number of nitrogens with one attached hydrogen (secondary N) is 1. The molecule has 1 saturated carbocycles. The molecule has 2 aliphatic rings. The van der Waals surface area contributed by atoms with Gasteiger partial charge in [-0.05, 0) is 36.5 Å². The van der Waals surface area contributed by atoms with E-state index in [0.29, 0.717) is 25.0 Å². The molecule has 1 saturated heterocycles. The molecule has 13 heteroatoms. The quantitative estimate of drug-likeness (QED) is 0.419. The lowest BCUT2D eigenvalue weighted by molar-refractivity contribution is -0.140. The Morgan fingerprint density at radius 1 is 1.25 bits per heavy atom. The van der Waals surface area contributed by atoms with Crippen molar-refractivity contribution in [3.05, 3.63) is 57.8 Å². The Balaban J connectivity index is 1.28. The Morgan fingerprint density at radius 2 is 2.03 bits per heavy atom. The summed E-state index contributed by atoms with van der Waals surface area (Å²) in [5, 5.41) is 13.4. The Bertz CT molecular complexity index is 1370. The number of benzene rings is 1. The van der Waals surface area contributed by atoms with E-state index in [-0.39, 0.29) is 44.7 Å². The predicted molar refractivity (Wildman–Crippen MR) is 125 cm³/mol. The van der Waals surface area contributed by atoms with Crippen LogP contribution in [0.3, 0.4) is 0 Å².